The minimum absolute atomic E-state index is 0.0186. The number of esters is 1. The number of nitrogens with one attached hydrogen (secondary N) is 1. The third kappa shape index (κ3) is 5.11. The standard InChI is InChI=1S/C20H22ClNO4S/c1-20(2,3)14-5-11-17(12-6-14)27(24,25)18(19(23)26-4)13-22-16-9-7-15(21)8-10-16/h5-13,22H,1-4H3/b18-13-. The molecule has 0 aliphatic carbocycles. The first-order valence-corrected chi connectivity index (χ1v) is 10.1. The van der Waals surface area contributed by atoms with Gasteiger partial charge < -0.3 is 10.1 Å². The molecule has 1 N–H and O–H groups in total. The monoisotopic (exact) mass is 407 g/mol. The summed E-state index contributed by atoms with van der Waals surface area (Å²) in [5.41, 5.74) is 1.46. The van der Waals surface area contributed by atoms with E-state index in [0.29, 0.717) is 10.7 Å². The summed E-state index contributed by atoms with van der Waals surface area (Å²) >= 11 is 5.83. The first-order chi connectivity index (χ1) is 12.6. The van der Waals surface area contributed by atoms with E-state index in [1.807, 2.05) is 20.8 Å². The van der Waals surface area contributed by atoms with Crippen LogP contribution < -0.4 is 5.32 Å². The average molecular weight is 408 g/mol. The number of methoxy groups -OCH3 is 1. The van der Waals surface area contributed by atoms with Gasteiger partial charge in [0.25, 0.3) is 0 Å². The second-order valence-corrected chi connectivity index (χ2v) is 9.28. The predicted molar refractivity (Wildman–Crippen MR) is 108 cm³/mol. The van der Waals surface area contributed by atoms with Gasteiger partial charge in [0, 0.05) is 16.9 Å². The lowest BCUT2D eigenvalue weighted by molar-refractivity contribution is -0.135. The maximum absolute atomic E-state index is 12.9. The summed E-state index contributed by atoms with van der Waals surface area (Å²) < 4.78 is 30.5. The zero-order valence-electron chi connectivity index (χ0n) is 15.6. The van der Waals surface area contributed by atoms with Gasteiger partial charge in [-0.3, -0.25) is 0 Å². The molecule has 0 aliphatic rings. The molecule has 0 spiro atoms. The number of hydrogen-bond acceptors (Lipinski definition) is 5. The fraction of sp³-hybridized carbons (Fsp3) is 0.250. The Morgan fingerprint density at radius 2 is 1.59 bits per heavy atom. The summed E-state index contributed by atoms with van der Waals surface area (Å²) in [5.74, 6) is -0.948. The zero-order chi connectivity index (χ0) is 20.2. The first-order valence-electron chi connectivity index (χ1n) is 8.22. The molecule has 0 aromatic heterocycles. The minimum atomic E-state index is -4.05. The van der Waals surface area contributed by atoms with Gasteiger partial charge in [0.15, 0.2) is 4.91 Å². The Hall–Kier alpha value is -2.31. The van der Waals surface area contributed by atoms with E-state index in [1.54, 1.807) is 36.4 Å². The van der Waals surface area contributed by atoms with E-state index in [1.165, 1.54) is 12.1 Å². The molecule has 0 aliphatic heterocycles. The second kappa shape index (κ2) is 8.15. The van der Waals surface area contributed by atoms with Crippen LogP contribution in [0.2, 0.25) is 5.02 Å². The maximum Gasteiger partial charge on any atom is 0.351 e. The van der Waals surface area contributed by atoms with Crippen LogP contribution >= 0.6 is 11.6 Å². The molecular weight excluding hydrogens is 386 g/mol. The van der Waals surface area contributed by atoms with Gasteiger partial charge in [-0.1, -0.05) is 44.5 Å². The highest BCUT2D eigenvalue weighted by atomic mass is 35.5. The highest BCUT2D eigenvalue weighted by Gasteiger charge is 2.28. The van der Waals surface area contributed by atoms with E-state index in [4.69, 9.17) is 11.6 Å². The van der Waals surface area contributed by atoms with Crippen LogP contribution in [0.3, 0.4) is 0 Å². The van der Waals surface area contributed by atoms with Gasteiger partial charge in [-0.25, -0.2) is 13.2 Å². The fourth-order valence-corrected chi connectivity index (χ4v) is 3.69. The van der Waals surface area contributed by atoms with Crippen molar-refractivity contribution >= 4 is 33.1 Å². The van der Waals surface area contributed by atoms with Crippen LogP contribution in [-0.2, 0) is 24.8 Å². The molecule has 0 unspecified atom stereocenters. The van der Waals surface area contributed by atoms with Crippen LogP contribution in [-0.4, -0.2) is 21.5 Å². The Bertz CT molecular complexity index is 941. The molecule has 5 nitrogen and oxygen atoms in total. The maximum atomic E-state index is 12.9. The van der Waals surface area contributed by atoms with E-state index in [0.717, 1.165) is 18.9 Å². The van der Waals surface area contributed by atoms with Crippen molar-refractivity contribution in [2.75, 3.05) is 12.4 Å². The number of rotatable bonds is 5. The summed E-state index contributed by atoms with van der Waals surface area (Å²) in [6.07, 6.45) is 1.13. The molecule has 0 atom stereocenters. The number of carbonyl (C=O) groups excluding carboxylic acids is 1. The lowest BCUT2D eigenvalue weighted by atomic mass is 9.87. The third-order valence-corrected chi connectivity index (χ3v) is 5.93. The second-order valence-electron chi connectivity index (χ2n) is 6.93. The molecule has 2 rings (SSSR count). The van der Waals surface area contributed by atoms with Crippen LogP contribution in [0, 0.1) is 0 Å². The Kier molecular flexibility index (Phi) is 6.34. The van der Waals surface area contributed by atoms with Crippen molar-refractivity contribution in [3.63, 3.8) is 0 Å². The van der Waals surface area contributed by atoms with Gasteiger partial charge in [-0.15, -0.1) is 0 Å². The molecule has 0 bridgehead atoms. The SMILES string of the molecule is COC(=O)/C(=C/Nc1ccc(Cl)cc1)S(=O)(=O)c1ccc(C(C)(C)C)cc1. The Labute approximate surface area is 164 Å². The van der Waals surface area contributed by atoms with E-state index < -0.39 is 20.7 Å². The van der Waals surface area contributed by atoms with Crippen LogP contribution in [0.15, 0.2) is 64.5 Å². The molecule has 2 aromatic carbocycles. The number of ether oxygens (including phenoxy) is 1. The lowest BCUT2D eigenvalue weighted by Crippen LogP contribution is -2.17. The Balaban J connectivity index is 2.40. The average Bonchev–Trinajstić information content (AvgIpc) is 2.62. The van der Waals surface area contributed by atoms with Crippen LogP contribution in [0.1, 0.15) is 26.3 Å². The highest BCUT2D eigenvalue weighted by molar-refractivity contribution is 7.96. The van der Waals surface area contributed by atoms with Crippen molar-refractivity contribution < 1.29 is 17.9 Å². The minimum Gasteiger partial charge on any atom is -0.465 e. The van der Waals surface area contributed by atoms with Crippen LogP contribution in [0.25, 0.3) is 0 Å². The molecule has 27 heavy (non-hydrogen) atoms. The van der Waals surface area contributed by atoms with Crippen molar-refractivity contribution in [1.29, 1.82) is 0 Å². The molecule has 7 heteroatoms. The van der Waals surface area contributed by atoms with Crippen LogP contribution in [0.4, 0.5) is 5.69 Å². The van der Waals surface area contributed by atoms with Crippen molar-refractivity contribution in [1.82, 2.24) is 0 Å². The lowest BCUT2D eigenvalue weighted by Gasteiger charge is -2.19. The van der Waals surface area contributed by atoms with Crippen molar-refractivity contribution in [3.05, 3.63) is 70.2 Å². The van der Waals surface area contributed by atoms with E-state index in [-0.39, 0.29) is 10.3 Å². The number of hydrogen-bond donors (Lipinski definition) is 1. The molecule has 144 valence electrons. The molecule has 0 amide bonds. The largest absolute Gasteiger partial charge is 0.465 e. The van der Waals surface area contributed by atoms with Crippen molar-refractivity contribution in [3.8, 4) is 0 Å². The summed E-state index contributed by atoms with van der Waals surface area (Å²) in [7, 11) is -2.92. The quantitative estimate of drug-likeness (QED) is 0.582. The molecule has 0 saturated heterocycles. The van der Waals surface area contributed by atoms with E-state index in [2.05, 4.69) is 10.1 Å². The van der Waals surface area contributed by atoms with E-state index >= 15 is 0 Å². The smallest absolute Gasteiger partial charge is 0.351 e. The molecule has 0 radical (unpaired) electrons. The Morgan fingerprint density at radius 1 is 1.04 bits per heavy atom. The highest BCUT2D eigenvalue weighted by Crippen LogP contribution is 2.26. The van der Waals surface area contributed by atoms with Crippen LogP contribution in [0.5, 0.6) is 0 Å². The van der Waals surface area contributed by atoms with Gasteiger partial charge in [-0.2, -0.15) is 0 Å². The number of sulfone groups is 1. The molecule has 2 aromatic rings. The summed E-state index contributed by atoms with van der Waals surface area (Å²) in [6, 6.07) is 13.1. The van der Waals surface area contributed by atoms with Gasteiger partial charge >= 0.3 is 5.97 Å². The molecule has 0 saturated carbocycles. The third-order valence-electron chi connectivity index (χ3n) is 3.92. The number of anilines is 1. The Morgan fingerprint density at radius 3 is 2.07 bits per heavy atom. The molecular formula is C20H22ClNO4S. The van der Waals surface area contributed by atoms with Gasteiger partial charge in [0.05, 0.1) is 12.0 Å². The van der Waals surface area contributed by atoms with Gasteiger partial charge in [0.1, 0.15) is 0 Å². The fourth-order valence-electron chi connectivity index (χ4n) is 2.30. The summed E-state index contributed by atoms with van der Waals surface area (Å²) in [6.45, 7) is 6.10. The molecule has 0 heterocycles. The first kappa shape index (κ1) is 21.0. The number of halogens is 1. The number of benzene rings is 2. The topological polar surface area (TPSA) is 72.5 Å². The summed E-state index contributed by atoms with van der Waals surface area (Å²) in [4.78, 5) is 11.6. The van der Waals surface area contributed by atoms with Crippen molar-refractivity contribution in [2.45, 2.75) is 31.1 Å². The zero-order valence-corrected chi connectivity index (χ0v) is 17.2. The normalized spacial score (nSPS) is 12.6. The van der Waals surface area contributed by atoms with Gasteiger partial charge in [0.2, 0.25) is 9.84 Å². The number of carbonyl (C=O) groups is 1. The molecule has 0 fully saturated rings. The van der Waals surface area contributed by atoms with E-state index in [9.17, 15) is 13.2 Å². The predicted octanol–water partition coefficient (Wildman–Crippen LogP) is 4.54. The van der Waals surface area contributed by atoms with Crippen molar-refractivity contribution in [2.24, 2.45) is 0 Å². The summed E-state index contributed by atoms with van der Waals surface area (Å²) in [5, 5.41) is 3.34. The van der Waals surface area contributed by atoms with Gasteiger partial charge in [-0.05, 0) is 47.4 Å².